The Bertz CT molecular complexity index is 724. The highest BCUT2D eigenvalue weighted by molar-refractivity contribution is 6.30. The molecule has 1 N–H and O–H groups in total. The molecule has 2 fully saturated rings. The maximum atomic E-state index is 12.8. The van der Waals surface area contributed by atoms with Crippen LogP contribution in [0.15, 0.2) is 24.3 Å². The second-order valence-electron chi connectivity index (χ2n) is 9.45. The van der Waals surface area contributed by atoms with Gasteiger partial charge in [-0.15, -0.1) is 0 Å². The first-order valence-corrected chi connectivity index (χ1v) is 11.3. The summed E-state index contributed by atoms with van der Waals surface area (Å²) < 4.78 is 5.46. The fourth-order valence-electron chi connectivity index (χ4n) is 4.09. The minimum Gasteiger partial charge on any atom is -0.444 e. The molecule has 6 nitrogen and oxygen atoms in total. The zero-order chi connectivity index (χ0) is 21.7. The Hall–Kier alpha value is -1.79. The number of carbonyl (C=O) groups is 2. The van der Waals surface area contributed by atoms with Gasteiger partial charge in [-0.05, 0) is 64.2 Å². The predicted molar refractivity (Wildman–Crippen MR) is 118 cm³/mol. The number of piperidine rings is 2. The molecular formula is C23H34ClN3O3. The maximum Gasteiger partial charge on any atom is 0.410 e. The number of hydrogen-bond acceptors (Lipinski definition) is 4. The van der Waals surface area contributed by atoms with Gasteiger partial charge in [0.2, 0.25) is 5.91 Å². The number of nitrogens with zero attached hydrogens (tertiary/aromatic N) is 2. The average molecular weight is 436 g/mol. The van der Waals surface area contributed by atoms with E-state index in [1.165, 1.54) is 5.56 Å². The number of amides is 2. The van der Waals surface area contributed by atoms with Crippen LogP contribution in [0.3, 0.4) is 0 Å². The van der Waals surface area contributed by atoms with E-state index >= 15 is 0 Å². The van der Waals surface area contributed by atoms with Gasteiger partial charge in [0, 0.05) is 43.8 Å². The number of rotatable bonds is 4. The van der Waals surface area contributed by atoms with Crippen LogP contribution in [0, 0.1) is 5.92 Å². The summed E-state index contributed by atoms with van der Waals surface area (Å²) >= 11 is 5.96. The number of benzene rings is 1. The van der Waals surface area contributed by atoms with Crippen molar-refractivity contribution in [3.05, 3.63) is 34.9 Å². The molecule has 30 heavy (non-hydrogen) atoms. The Balaban J connectivity index is 1.42. The van der Waals surface area contributed by atoms with Gasteiger partial charge in [-0.2, -0.15) is 0 Å². The third-order valence-electron chi connectivity index (χ3n) is 5.70. The second-order valence-corrected chi connectivity index (χ2v) is 9.89. The molecule has 3 rings (SSSR count). The van der Waals surface area contributed by atoms with Crippen molar-refractivity contribution in [2.45, 2.75) is 64.6 Å². The van der Waals surface area contributed by atoms with Crippen molar-refractivity contribution < 1.29 is 14.3 Å². The summed E-state index contributed by atoms with van der Waals surface area (Å²) in [5, 5.41) is 3.98. The molecule has 0 aromatic heterocycles. The Morgan fingerprint density at radius 2 is 1.77 bits per heavy atom. The third kappa shape index (κ3) is 6.88. The average Bonchev–Trinajstić information content (AvgIpc) is 2.70. The Morgan fingerprint density at radius 3 is 2.40 bits per heavy atom. The Morgan fingerprint density at radius 1 is 1.10 bits per heavy atom. The molecule has 1 aromatic rings. The van der Waals surface area contributed by atoms with Crippen molar-refractivity contribution in [3.8, 4) is 0 Å². The van der Waals surface area contributed by atoms with Crippen molar-refractivity contribution in [2.75, 3.05) is 26.2 Å². The third-order valence-corrected chi connectivity index (χ3v) is 5.95. The fourth-order valence-corrected chi connectivity index (χ4v) is 4.21. The minimum atomic E-state index is -0.522. The number of carbonyl (C=O) groups excluding carboxylic acids is 2. The number of ether oxygens (including phenoxy) is 1. The summed E-state index contributed by atoms with van der Waals surface area (Å²) in [5.41, 5.74) is 0.734. The number of likely N-dealkylation sites (tertiary alicyclic amines) is 2. The second kappa shape index (κ2) is 10.0. The van der Waals surface area contributed by atoms with Crippen LogP contribution < -0.4 is 5.32 Å². The van der Waals surface area contributed by atoms with Gasteiger partial charge in [0.05, 0.1) is 5.92 Å². The standard InChI is InChI=1S/C23H34ClN3O3/c1-23(2,3)30-22(29)27-12-4-5-18(16-27)21(28)25-20-10-13-26(14-11-20)15-17-6-8-19(24)9-7-17/h6-9,18,20H,4-5,10-16H2,1-3H3,(H,25,28)/t18-/m1/s1. The van der Waals surface area contributed by atoms with E-state index in [9.17, 15) is 9.59 Å². The molecule has 1 atom stereocenters. The summed E-state index contributed by atoms with van der Waals surface area (Å²) in [5.74, 6) is -0.0854. The molecule has 0 aliphatic carbocycles. The van der Waals surface area contributed by atoms with E-state index in [4.69, 9.17) is 16.3 Å². The SMILES string of the molecule is CC(C)(C)OC(=O)N1CCC[C@@H](C(=O)NC2CCN(Cc3ccc(Cl)cc3)CC2)C1. The smallest absolute Gasteiger partial charge is 0.410 e. The fraction of sp³-hybridized carbons (Fsp3) is 0.652. The van der Waals surface area contributed by atoms with E-state index in [2.05, 4.69) is 22.3 Å². The highest BCUT2D eigenvalue weighted by atomic mass is 35.5. The van der Waals surface area contributed by atoms with E-state index in [-0.39, 0.29) is 24.0 Å². The lowest BCUT2D eigenvalue weighted by atomic mass is 9.96. The van der Waals surface area contributed by atoms with Gasteiger partial charge in [-0.3, -0.25) is 9.69 Å². The number of halogens is 1. The van der Waals surface area contributed by atoms with Gasteiger partial charge in [-0.1, -0.05) is 23.7 Å². The summed E-state index contributed by atoms with van der Waals surface area (Å²) in [6.07, 6.45) is 3.22. The van der Waals surface area contributed by atoms with Crippen LogP contribution in [0.2, 0.25) is 5.02 Å². The lowest BCUT2D eigenvalue weighted by molar-refractivity contribution is -0.127. The summed E-state index contributed by atoms with van der Waals surface area (Å²) in [7, 11) is 0. The number of hydrogen-bond donors (Lipinski definition) is 1. The molecule has 0 saturated carbocycles. The molecule has 7 heteroatoms. The van der Waals surface area contributed by atoms with Gasteiger partial charge in [-0.25, -0.2) is 4.79 Å². The van der Waals surface area contributed by atoms with Crippen LogP contribution in [-0.4, -0.2) is 59.6 Å². The first-order valence-electron chi connectivity index (χ1n) is 10.9. The van der Waals surface area contributed by atoms with Crippen molar-refractivity contribution in [3.63, 3.8) is 0 Å². The maximum absolute atomic E-state index is 12.8. The lowest BCUT2D eigenvalue weighted by Gasteiger charge is -2.36. The van der Waals surface area contributed by atoms with E-state index in [1.54, 1.807) is 4.90 Å². The summed E-state index contributed by atoms with van der Waals surface area (Å²) in [6, 6.07) is 8.19. The van der Waals surface area contributed by atoms with Crippen LogP contribution in [0.1, 0.15) is 52.0 Å². The van der Waals surface area contributed by atoms with Crippen LogP contribution in [0.5, 0.6) is 0 Å². The topological polar surface area (TPSA) is 61.9 Å². The van der Waals surface area contributed by atoms with Crippen LogP contribution in [0.4, 0.5) is 4.79 Å². The predicted octanol–water partition coefficient (Wildman–Crippen LogP) is 4.07. The summed E-state index contributed by atoms with van der Waals surface area (Å²) in [6.45, 7) is 9.50. The van der Waals surface area contributed by atoms with Crippen molar-refractivity contribution in [1.29, 1.82) is 0 Å². The van der Waals surface area contributed by atoms with E-state index < -0.39 is 5.60 Å². The van der Waals surface area contributed by atoms with Gasteiger partial charge in [0.15, 0.2) is 0 Å². The Labute approximate surface area is 184 Å². The molecule has 2 heterocycles. The highest BCUT2D eigenvalue weighted by Crippen LogP contribution is 2.21. The minimum absolute atomic E-state index is 0.0689. The van der Waals surface area contributed by atoms with Crippen LogP contribution in [-0.2, 0) is 16.1 Å². The first kappa shape index (κ1) is 22.9. The Kier molecular flexibility index (Phi) is 7.64. The molecule has 0 bridgehead atoms. The van der Waals surface area contributed by atoms with Crippen LogP contribution in [0.25, 0.3) is 0 Å². The van der Waals surface area contributed by atoms with Crippen molar-refractivity contribution in [2.24, 2.45) is 5.92 Å². The molecule has 2 aliphatic heterocycles. The zero-order valence-corrected chi connectivity index (χ0v) is 19.1. The molecular weight excluding hydrogens is 402 g/mol. The summed E-state index contributed by atoms with van der Waals surface area (Å²) in [4.78, 5) is 29.2. The first-order chi connectivity index (χ1) is 14.2. The highest BCUT2D eigenvalue weighted by Gasteiger charge is 2.32. The zero-order valence-electron chi connectivity index (χ0n) is 18.3. The van der Waals surface area contributed by atoms with Crippen LogP contribution >= 0.6 is 11.6 Å². The van der Waals surface area contributed by atoms with Gasteiger partial charge in [0.1, 0.15) is 5.60 Å². The van der Waals surface area contributed by atoms with E-state index in [0.29, 0.717) is 13.1 Å². The number of nitrogens with one attached hydrogen (secondary N) is 1. The molecule has 0 spiro atoms. The van der Waals surface area contributed by atoms with Gasteiger partial charge < -0.3 is 15.0 Å². The monoisotopic (exact) mass is 435 g/mol. The van der Waals surface area contributed by atoms with Gasteiger partial charge in [0.25, 0.3) is 0 Å². The molecule has 2 amide bonds. The molecule has 1 aromatic carbocycles. The van der Waals surface area contributed by atoms with E-state index in [1.807, 2.05) is 32.9 Å². The normalized spacial score (nSPS) is 21.3. The molecule has 2 saturated heterocycles. The van der Waals surface area contributed by atoms with Crippen molar-refractivity contribution >= 4 is 23.6 Å². The molecule has 2 aliphatic rings. The molecule has 166 valence electrons. The van der Waals surface area contributed by atoms with E-state index in [0.717, 1.165) is 50.3 Å². The lowest BCUT2D eigenvalue weighted by Crippen LogP contribution is -2.50. The van der Waals surface area contributed by atoms with Crippen molar-refractivity contribution in [1.82, 2.24) is 15.1 Å². The largest absolute Gasteiger partial charge is 0.444 e. The molecule has 0 unspecified atom stereocenters. The quantitative estimate of drug-likeness (QED) is 0.774. The molecule has 0 radical (unpaired) electrons. The van der Waals surface area contributed by atoms with Gasteiger partial charge >= 0.3 is 6.09 Å².